The minimum absolute atomic E-state index is 0.0538. The Hall–Kier alpha value is -1.25. The molecule has 0 unspecified atom stereocenters. The SMILES string of the molecule is CCCCCCC[C@@H]1O[C@@H]1CC#CC#CC(=O)CC. The lowest BCUT2D eigenvalue weighted by Crippen LogP contribution is -1.93. The van der Waals surface area contributed by atoms with Crippen molar-refractivity contribution in [3.05, 3.63) is 0 Å². The molecule has 0 radical (unpaired) electrons. The van der Waals surface area contributed by atoms with Gasteiger partial charge in [0.25, 0.3) is 0 Å². The summed E-state index contributed by atoms with van der Waals surface area (Å²) in [5.41, 5.74) is 0. The number of ketones is 1. The molecule has 0 aromatic heterocycles. The summed E-state index contributed by atoms with van der Waals surface area (Å²) in [6, 6.07) is 0. The van der Waals surface area contributed by atoms with Gasteiger partial charge in [0.2, 0.25) is 5.78 Å². The number of hydrogen-bond acceptors (Lipinski definition) is 2. The molecule has 1 fully saturated rings. The van der Waals surface area contributed by atoms with Crippen LogP contribution in [-0.2, 0) is 9.53 Å². The minimum Gasteiger partial charge on any atom is -0.369 e. The Kier molecular flexibility index (Phi) is 8.03. The van der Waals surface area contributed by atoms with Crippen molar-refractivity contribution in [2.75, 3.05) is 0 Å². The van der Waals surface area contributed by atoms with E-state index in [2.05, 4.69) is 30.6 Å². The van der Waals surface area contributed by atoms with Crippen LogP contribution < -0.4 is 0 Å². The van der Waals surface area contributed by atoms with Crippen molar-refractivity contribution in [3.63, 3.8) is 0 Å². The van der Waals surface area contributed by atoms with Crippen molar-refractivity contribution in [1.29, 1.82) is 0 Å². The fourth-order valence-corrected chi connectivity index (χ4v) is 1.95. The first-order valence-electron chi connectivity index (χ1n) is 7.45. The van der Waals surface area contributed by atoms with Crippen LogP contribution in [0.5, 0.6) is 0 Å². The monoisotopic (exact) mass is 260 g/mol. The molecular formula is C17H24O2. The molecule has 2 nitrogen and oxygen atoms in total. The quantitative estimate of drug-likeness (QED) is 0.289. The van der Waals surface area contributed by atoms with Crippen molar-refractivity contribution >= 4 is 5.78 Å². The average molecular weight is 260 g/mol. The minimum atomic E-state index is -0.0538. The highest BCUT2D eigenvalue weighted by molar-refractivity contribution is 5.95. The summed E-state index contributed by atoms with van der Waals surface area (Å²) in [7, 11) is 0. The van der Waals surface area contributed by atoms with E-state index in [0.29, 0.717) is 18.6 Å². The summed E-state index contributed by atoms with van der Waals surface area (Å²) in [6.07, 6.45) is 9.65. The molecule has 2 heteroatoms. The fourth-order valence-electron chi connectivity index (χ4n) is 1.95. The molecule has 1 aliphatic heterocycles. The van der Waals surface area contributed by atoms with Gasteiger partial charge in [0, 0.05) is 12.8 Å². The fraction of sp³-hybridized carbons (Fsp3) is 0.706. The molecule has 0 N–H and O–H groups in total. The molecule has 0 aliphatic carbocycles. The zero-order valence-corrected chi connectivity index (χ0v) is 12.1. The molecule has 0 aromatic rings. The molecule has 1 rings (SSSR count). The van der Waals surface area contributed by atoms with Gasteiger partial charge in [-0.3, -0.25) is 4.79 Å². The molecule has 0 spiro atoms. The number of ether oxygens (including phenoxy) is 1. The first kappa shape index (κ1) is 15.8. The van der Waals surface area contributed by atoms with Gasteiger partial charge in [-0.1, -0.05) is 51.9 Å². The molecule has 104 valence electrons. The van der Waals surface area contributed by atoms with Gasteiger partial charge >= 0.3 is 0 Å². The molecule has 0 bridgehead atoms. The van der Waals surface area contributed by atoms with Crippen molar-refractivity contribution in [3.8, 4) is 23.7 Å². The van der Waals surface area contributed by atoms with E-state index >= 15 is 0 Å². The molecule has 1 saturated heterocycles. The summed E-state index contributed by atoms with van der Waals surface area (Å²) in [4.78, 5) is 10.9. The van der Waals surface area contributed by atoms with Crippen molar-refractivity contribution < 1.29 is 9.53 Å². The number of carbonyl (C=O) groups is 1. The van der Waals surface area contributed by atoms with Crippen LogP contribution >= 0.6 is 0 Å². The highest BCUT2D eigenvalue weighted by atomic mass is 16.6. The van der Waals surface area contributed by atoms with Gasteiger partial charge in [-0.25, -0.2) is 0 Å². The molecule has 1 heterocycles. The van der Waals surface area contributed by atoms with Crippen LogP contribution in [0.1, 0.15) is 65.2 Å². The smallest absolute Gasteiger partial charge is 0.206 e. The number of Topliss-reactive ketones (excluding diaryl/α,β-unsaturated/α-hetero) is 1. The first-order valence-corrected chi connectivity index (χ1v) is 7.45. The van der Waals surface area contributed by atoms with Gasteiger partial charge in [0.15, 0.2) is 0 Å². The summed E-state index contributed by atoms with van der Waals surface area (Å²) in [5.74, 6) is 10.7. The summed E-state index contributed by atoms with van der Waals surface area (Å²) < 4.78 is 5.55. The van der Waals surface area contributed by atoms with Gasteiger partial charge < -0.3 is 4.74 Å². The van der Waals surface area contributed by atoms with Crippen molar-refractivity contribution in [2.45, 2.75) is 77.4 Å². The van der Waals surface area contributed by atoms with Crippen LogP contribution in [0.25, 0.3) is 0 Å². The lowest BCUT2D eigenvalue weighted by Gasteiger charge is -1.96. The molecule has 1 aliphatic rings. The highest BCUT2D eigenvalue weighted by Gasteiger charge is 2.36. The predicted octanol–water partition coefficient (Wildman–Crippen LogP) is 3.49. The Bertz CT molecular complexity index is 389. The van der Waals surface area contributed by atoms with Crippen molar-refractivity contribution in [2.24, 2.45) is 0 Å². The zero-order valence-electron chi connectivity index (χ0n) is 12.1. The standard InChI is InChI=1S/C17H24O2/c1-3-5-6-7-10-13-16-17(19-16)14-11-8-9-12-15(18)4-2/h16-17H,3-7,10,13-14H2,1-2H3/t16-,17+/m0/s1. The van der Waals surface area contributed by atoms with Crippen LogP contribution in [0, 0.1) is 23.7 Å². The van der Waals surface area contributed by atoms with Gasteiger partial charge in [0.05, 0.1) is 12.2 Å². The van der Waals surface area contributed by atoms with E-state index in [1.807, 2.05) is 0 Å². The Morgan fingerprint density at radius 3 is 2.58 bits per heavy atom. The van der Waals surface area contributed by atoms with E-state index in [9.17, 15) is 4.79 Å². The van der Waals surface area contributed by atoms with E-state index in [-0.39, 0.29) is 5.78 Å². The first-order chi connectivity index (χ1) is 9.27. The van der Waals surface area contributed by atoms with E-state index in [1.165, 1.54) is 32.1 Å². The lowest BCUT2D eigenvalue weighted by atomic mass is 10.1. The lowest BCUT2D eigenvalue weighted by molar-refractivity contribution is -0.113. The summed E-state index contributed by atoms with van der Waals surface area (Å²) in [5, 5.41) is 0. The summed E-state index contributed by atoms with van der Waals surface area (Å²) >= 11 is 0. The normalized spacial score (nSPS) is 19.9. The van der Waals surface area contributed by atoms with Gasteiger partial charge in [-0.05, 0) is 24.2 Å². The summed E-state index contributed by atoms with van der Waals surface area (Å²) in [6.45, 7) is 4.03. The average Bonchev–Trinajstić information content (AvgIpc) is 3.16. The predicted molar refractivity (Wildman–Crippen MR) is 77.5 cm³/mol. The van der Waals surface area contributed by atoms with Crippen LogP contribution in [0.3, 0.4) is 0 Å². The second-order valence-electron chi connectivity index (χ2n) is 4.95. The maximum atomic E-state index is 10.9. The third-order valence-corrected chi connectivity index (χ3v) is 3.26. The van der Waals surface area contributed by atoms with Gasteiger partial charge in [-0.15, -0.1) is 0 Å². The maximum Gasteiger partial charge on any atom is 0.206 e. The second kappa shape index (κ2) is 9.65. The third-order valence-electron chi connectivity index (χ3n) is 3.26. The number of epoxide rings is 1. The second-order valence-corrected chi connectivity index (χ2v) is 4.95. The van der Waals surface area contributed by atoms with Crippen LogP contribution in [0.2, 0.25) is 0 Å². The largest absolute Gasteiger partial charge is 0.369 e. The topological polar surface area (TPSA) is 29.6 Å². The van der Waals surface area contributed by atoms with Crippen LogP contribution in [0.15, 0.2) is 0 Å². The van der Waals surface area contributed by atoms with Gasteiger partial charge in [-0.2, -0.15) is 0 Å². The Labute approximate surface area is 117 Å². The van der Waals surface area contributed by atoms with Crippen molar-refractivity contribution in [1.82, 2.24) is 0 Å². The van der Waals surface area contributed by atoms with Crippen LogP contribution in [0.4, 0.5) is 0 Å². The number of rotatable bonds is 8. The Morgan fingerprint density at radius 1 is 1.05 bits per heavy atom. The van der Waals surface area contributed by atoms with E-state index < -0.39 is 0 Å². The van der Waals surface area contributed by atoms with E-state index in [4.69, 9.17) is 4.74 Å². The molecule has 2 atom stereocenters. The Morgan fingerprint density at radius 2 is 1.84 bits per heavy atom. The molecule has 0 aromatic carbocycles. The molecular weight excluding hydrogens is 236 g/mol. The third kappa shape index (κ3) is 7.70. The zero-order chi connectivity index (χ0) is 13.9. The highest BCUT2D eigenvalue weighted by Crippen LogP contribution is 2.29. The molecule has 19 heavy (non-hydrogen) atoms. The van der Waals surface area contributed by atoms with Crippen LogP contribution in [-0.4, -0.2) is 18.0 Å². The number of unbranched alkanes of at least 4 members (excludes halogenated alkanes) is 4. The Balaban J connectivity index is 2.03. The molecule has 0 amide bonds. The van der Waals surface area contributed by atoms with E-state index in [0.717, 1.165) is 12.8 Å². The molecule has 0 saturated carbocycles. The number of hydrogen-bond donors (Lipinski definition) is 0. The van der Waals surface area contributed by atoms with E-state index in [1.54, 1.807) is 6.92 Å². The number of carbonyl (C=O) groups excluding carboxylic acids is 1. The van der Waals surface area contributed by atoms with Gasteiger partial charge in [0.1, 0.15) is 0 Å². The maximum absolute atomic E-state index is 10.9.